The summed E-state index contributed by atoms with van der Waals surface area (Å²) in [5.41, 5.74) is 0.849. The lowest BCUT2D eigenvalue weighted by Gasteiger charge is -2.38. The van der Waals surface area contributed by atoms with Gasteiger partial charge in [-0.15, -0.1) is 0 Å². The van der Waals surface area contributed by atoms with Crippen LogP contribution in [0.2, 0.25) is 0 Å². The van der Waals surface area contributed by atoms with Crippen LogP contribution in [0.4, 0.5) is 0 Å². The molecule has 2 aliphatic heterocycles. The second-order valence-corrected chi connectivity index (χ2v) is 8.84. The minimum Gasteiger partial charge on any atom is -0.497 e. The summed E-state index contributed by atoms with van der Waals surface area (Å²) in [6.07, 6.45) is 1.36. The summed E-state index contributed by atoms with van der Waals surface area (Å²) in [5, 5.41) is 0. The number of benzene rings is 1. The summed E-state index contributed by atoms with van der Waals surface area (Å²) in [6, 6.07) is 5.28. The van der Waals surface area contributed by atoms with Crippen molar-refractivity contribution in [3.05, 3.63) is 23.8 Å². The van der Waals surface area contributed by atoms with Crippen LogP contribution in [0.25, 0.3) is 0 Å². The number of hydrogen-bond donors (Lipinski definition) is 0. The molecule has 2 aliphatic rings. The van der Waals surface area contributed by atoms with Crippen molar-refractivity contribution < 1.29 is 22.6 Å². The molecule has 0 bridgehead atoms. The molecule has 2 heterocycles. The predicted octanol–water partition coefficient (Wildman–Crippen LogP) is 2.19. The minimum absolute atomic E-state index is 0.110. The van der Waals surface area contributed by atoms with E-state index in [1.165, 1.54) is 0 Å². The molecular formula is C18H28N2O5S. The highest BCUT2D eigenvalue weighted by Gasteiger charge is 2.42. The normalized spacial score (nSPS) is 28.2. The average molecular weight is 384 g/mol. The van der Waals surface area contributed by atoms with Crippen LogP contribution in [0.5, 0.6) is 11.5 Å². The number of hydrogen-bond acceptors (Lipinski definition) is 5. The van der Waals surface area contributed by atoms with E-state index < -0.39 is 10.2 Å². The van der Waals surface area contributed by atoms with E-state index in [2.05, 4.69) is 0 Å². The maximum Gasteiger partial charge on any atom is 0.282 e. The quantitative estimate of drug-likeness (QED) is 0.778. The first-order valence-corrected chi connectivity index (χ1v) is 10.4. The smallest absolute Gasteiger partial charge is 0.282 e. The van der Waals surface area contributed by atoms with Crippen molar-refractivity contribution in [2.24, 2.45) is 0 Å². The highest BCUT2D eigenvalue weighted by Crippen LogP contribution is 2.41. The topological polar surface area (TPSA) is 68.3 Å². The molecule has 1 aromatic carbocycles. The molecule has 0 amide bonds. The van der Waals surface area contributed by atoms with Gasteiger partial charge < -0.3 is 14.2 Å². The van der Waals surface area contributed by atoms with Crippen molar-refractivity contribution in [2.75, 3.05) is 33.9 Å². The van der Waals surface area contributed by atoms with Gasteiger partial charge in [0.2, 0.25) is 0 Å². The van der Waals surface area contributed by atoms with E-state index in [0.717, 1.165) is 18.4 Å². The van der Waals surface area contributed by atoms with Gasteiger partial charge in [0.15, 0.2) is 0 Å². The zero-order valence-electron chi connectivity index (χ0n) is 15.8. The molecule has 26 heavy (non-hydrogen) atoms. The number of morpholine rings is 1. The van der Waals surface area contributed by atoms with Gasteiger partial charge in [0.1, 0.15) is 11.5 Å². The number of nitrogens with zero attached hydrogens (tertiary/aromatic N) is 2. The molecule has 0 aliphatic carbocycles. The van der Waals surface area contributed by atoms with Crippen molar-refractivity contribution in [1.29, 1.82) is 0 Å². The molecule has 3 unspecified atom stereocenters. The van der Waals surface area contributed by atoms with Crippen molar-refractivity contribution in [2.45, 2.75) is 44.9 Å². The molecular weight excluding hydrogens is 356 g/mol. The Bertz CT molecular complexity index is 729. The van der Waals surface area contributed by atoms with Gasteiger partial charge in [0.25, 0.3) is 10.2 Å². The fourth-order valence-corrected chi connectivity index (χ4v) is 5.89. The predicted molar refractivity (Wildman–Crippen MR) is 98.7 cm³/mol. The molecule has 2 fully saturated rings. The van der Waals surface area contributed by atoms with Gasteiger partial charge in [-0.05, 0) is 44.9 Å². The van der Waals surface area contributed by atoms with E-state index in [0.29, 0.717) is 31.1 Å². The number of ether oxygens (including phenoxy) is 3. The first-order chi connectivity index (χ1) is 12.4. The van der Waals surface area contributed by atoms with Crippen LogP contribution < -0.4 is 9.47 Å². The van der Waals surface area contributed by atoms with Crippen LogP contribution >= 0.6 is 0 Å². The van der Waals surface area contributed by atoms with Crippen LogP contribution in [0.1, 0.15) is 38.3 Å². The molecule has 0 saturated carbocycles. The molecule has 3 rings (SSSR count). The Labute approximate surface area is 156 Å². The lowest BCUT2D eigenvalue weighted by atomic mass is 10.0. The molecule has 8 heteroatoms. The summed E-state index contributed by atoms with van der Waals surface area (Å²) in [6.45, 7) is 5.08. The van der Waals surface area contributed by atoms with Gasteiger partial charge in [-0.2, -0.15) is 17.0 Å². The molecule has 0 aromatic heterocycles. The van der Waals surface area contributed by atoms with Crippen LogP contribution in [0.15, 0.2) is 18.2 Å². The Kier molecular flexibility index (Phi) is 5.76. The molecule has 3 atom stereocenters. The lowest BCUT2D eigenvalue weighted by Crippen LogP contribution is -2.52. The first kappa shape index (κ1) is 19.4. The molecule has 0 spiro atoms. The van der Waals surface area contributed by atoms with Gasteiger partial charge in [-0.1, -0.05) is 0 Å². The van der Waals surface area contributed by atoms with Gasteiger partial charge in [-0.25, -0.2) is 0 Å². The maximum absolute atomic E-state index is 13.3. The van der Waals surface area contributed by atoms with E-state index >= 15 is 0 Å². The Morgan fingerprint density at radius 3 is 2.42 bits per heavy atom. The van der Waals surface area contributed by atoms with E-state index in [4.69, 9.17) is 14.2 Å². The van der Waals surface area contributed by atoms with Gasteiger partial charge in [-0.3, -0.25) is 0 Å². The summed E-state index contributed by atoms with van der Waals surface area (Å²) in [5.74, 6) is 1.38. The lowest BCUT2D eigenvalue weighted by molar-refractivity contribution is -0.0455. The highest BCUT2D eigenvalue weighted by atomic mass is 32.2. The number of rotatable bonds is 5. The van der Waals surface area contributed by atoms with E-state index in [-0.39, 0.29) is 18.2 Å². The molecule has 7 nitrogen and oxygen atoms in total. The fraction of sp³-hybridized carbons (Fsp3) is 0.667. The first-order valence-electron chi connectivity index (χ1n) is 9.01. The maximum atomic E-state index is 13.3. The van der Waals surface area contributed by atoms with E-state index in [9.17, 15) is 8.42 Å². The van der Waals surface area contributed by atoms with Crippen molar-refractivity contribution in [3.8, 4) is 11.5 Å². The minimum atomic E-state index is -3.58. The van der Waals surface area contributed by atoms with Crippen LogP contribution in [0.3, 0.4) is 0 Å². The molecule has 146 valence electrons. The largest absolute Gasteiger partial charge is 0.497 e. The fourth-order valence-electron chi connectivity index (χ4n) is 3.89. The second-order valence-electron chi connectivity index (χ2n) is 6.96. The summed E-state index contributed by atoms with van der Waals surface area (Å²) < 4.78 is 46.3. The van der Waals surface area contributed by atoms with Crippen LogP contribution in [-0.4, -0.2) is 63.1 Å². The van der Waals surface area contributed by atoms with Gasteiger partial charge >= 0.3 is 0 Å². The Morgan fingerprint density at radius 2 is 1.81 bits per heavy atom. The summed E-state index contributed by atoms with van der Waals surface area (Å²) in [4.78, 5) is 0. The summed E-state index contributed by atoms with van der Waals surface area (Å²) in [7, 11) is -0.375. The van der Waals surface area contributed by atoms with Gasteiger partial charge in [0.05, 0.1) is 32.5 Å². The third-order valence-electron chi connectivity index (χ3n) is 5.01. The third kappa shape index (κ3) is 3.69. The second kappa shape index (κ2) is 7.72. The van der Waals surface area contributed by atoms with Crippen molar-refractivity contribution >= 4 is 10.2 Å². The Hall–Kier alpha value is -1.35. The standard InChI is InChI=1S/C18H28N2O5S/c1-13-11-19(12-14(2)25-13)26(21,22)20-9-5-6-17(20)16-10-15(23-3)7-8-18(16)24-4/h7-8,10,13-14,17H,5-6,9,11-12H2,1-4H3. The van der Waals surface area contributed by atoms with Crippen molar-refractivity contribution in [3.63, 3.8) is 0 Å². The monoisotopic (exact) mass is 384 g/mol. The van der Waals surface area contributed by atoms with Crippen LogP contribution in [-0.2, 0) is 14.9 Å². The highest BCUT2D eigenvalue weighted by molar-refractivity contribution is 7.86. The zero-order valence-corrected chi connectivity index (χ0v) is 16.7. The molecule has 0 N–H and O–H groups in total. The Balaban J connectivity index is 1.93. The van der Waals surface area contributed by atoms with E-state index in [1.54, 1.807) is 22.8 Å². The Morgan fingerprint density at radius 1 is 1.12 bits per heavy atom. The van der Waals surface area contributed by atoms with Crippen LogP contribution in [0, 0.1) is 0 Å². The molecule has 0 radical (unpaired) electrons. The van der Waals surface area contributed by atoms with E-state index in [1.807, 2.05) is 32.0 Å². The summed E-state index contributed by atoms with van der Waals surface area (Å²) >= 11 is 0. The third-order valence-corrected chi connectivity index (χ3v) is 6.99. The van der Waals surface area contributed by atoms with Gasteiger partial charge in [0, 0.05) is 25.2 Å². The molecule has 1 aromatic rings. The number of methoxy groups -OCH3 is 2. The SMILES string of the molecule is COc1ccc(OC)c(C2CCCN2S(=O)(=O)N2CC(C)OC(C)C2)c1. The average Bonchev–Trinajstić information content (AvgIpc) is 3.10. The molecule has 2 saturated heterocycles. The zero-order chi connectivity index (χ0) is 18.9. The van der Waals surface area contributed by atoms with Crippen molar-refractivity contribution in [1.82, 2.24) is 8.61 Å².